The van der Waals surface area contributed by atoms with Crippen LogP contribution in [0.3, 0.4) is 0 Å². The first-order valence-electron chi connectivity index (χ1n) is 8.44. The summed E-state index contributed by atoms with van der Waals surface area (Å²) in [5.41, 5.74) is -1.17. The molecular formula is C20H14N4O6. The number of hydrogen-bond donors (Lipinski definition) is 4. The molecule has 0 spiro atoms. The Labute approximate surface area is 169 Å². The number of nitrogens with one attached hydrogen (secondary N) is 2. The lowest BCUT2D eigenvalue weighted by Gasteiger charge is -2.13. The summed E-state index contributed by atoms with van der Waals surface area (Å²) in [7, 11) is 0. The molecular weight excluding hydrogens is 392 g/mol. The van der Waals surface area contributed by atoms with Crippen molar-refractivity contribution in [2.45, 2.75) is 0 Å². The van der Waals surface area contributed by atoms with E-state index in [1.807, 2.05) is 0 Å². The average Bonchev–Trinajstić information content (AvgIpc) is 2.74. The van der Waals surface area contributed by atoms with Gasteiger partial charge in [-0.25, -0.2) is 9.59 Å². The highest BCUT2D eigenvalue weighted by atomic mass is 16.4. The minimum absolute atomic E-state index is 0.344. The zero-order chi connectivity index (χ0) is 21.7. The van der Waals surface area contributed by atoms with E-state index in [1.165, 1.54) is 49.1 Å². The Bertz CT molecular complexity index is 1050. The van der Waals surface area contributed by atoms with Crippen molar-refractivity contribution < 1.29 is 29.4 Å². The standard InChI is InChI=1S/C20H14N4O6/c25-17(23-11-1-5-21-6-2-11)13-9-14(16(20(29)30)10-15(13)19(27)28)18(26)24-12-3-7-22-8-4-12/h1-10H,(H,27,28)(H,29,30)(H,21,23,25)(H,22,24,26). The van der Waals surface area contributed by atoms with Crippen molar-refractivity contribution in [3.05, 3.63) is 83.4 Å². The number of carbonyl (C=O) groups excluding carboxylic acids is 2. The van der Waals surface area contributed by atoms with Crippen LogP contribution in [-0.2, 0) is 0 Å². The summed E-state index contributed by atoms with van der Waals surface area (Å²) in [5.74, 6) is -4.68. The molecule has 3 rings (SSSR count). The van der Waals surface area contributed by atoms with E-state index < -0.39 is 34.9 Å². The SMILES string of the molecule is O=C(O)c1cc(C(=O)O)c(C(=O)Nc2ccncc2)cc1C(=O)Nc1ccncc1. The van der Waals surface area contributed by atoms with Gasteiger partial charge in [0.1, 0.15) is 0 Å². The third-order valence-corrected chi connectivity index (χ3v) is 3.98. The van der Waals surface area contributed by atoms with Gasteiger partial charge in [-0.15, -0.1) is 0 Å². The summed E-state index contributed by atoms with van der Waals surface area (Å²) in [5, 5.41) is 23.9. The first-order valence-corrected chi connectivity index (χ1v) is 8.44. The second-order valence-electron chi connectivity index (χ2n) is 5.93. The summed E-state index contributed by atoms with van der Waals surface area (Å²) in [6.45, 7) is 0. The van der Waals surface area contributed by atoms with Crippen molar-refractivity contribution >= 4 is 35.1 Å². The molecule has 3 aromatic rings. The molecule has 4 N–H and O–H groups in total. The maximum absolute atomic E-state index is 12.7. The molecule has 2 heterocycles. The fourth-order valence-electron chi connectivity index (χ4n) is 2.60. The fraction of sp³-hybridized carbons (Fsp3) is 0. The molecule has 1 aromatic carbocycles. The van der Waals surface area contributed by atoms with Crippen LogP contribution in [0.1, 0.15) is 41.4 Å². The number of carboxylic acid groups (broad SMARTS) is 2. The normalized spacial score (nSPS) is 10.1. The van der Waals surface area contributed by atoms with E-state index in [0.717, 1.165) is 12.1 Å². The van der Waals surface area contributed by atoms with Gasteiger partial charge in [-0.3, -0.25) is 19.6 Å². The van der Waals surface area contributed by atoms with Gasteiger partial charge in [0.25, 0.3) is 11.8 Å². The lowest BCUT2D eigenvalue weighted by atomic mass is 9.96. The Morgan fingerprint density at radius 1 is 0.600 bits per heavy atom. The van der Waals surface area contributed by atoms with Crippen LogP contribution in [0.2, 0.25) is 0 Å². The Morgan fingerprint density at radius 2 is 0.933 bits per heavy atom. The fourth-order valence-corrected chi connectivity index (χ4v) is 2.60. The number of pyridine rings is 2. The minimum Gasteiger partial charge on any atom is -0.478 e. The summed E-state index contributed by atoms with van der Waals surface area (Å²) in [4.78, 5) is 56.2. The predicted octanol–water partition coefficient (Wildman–Crippen LogP) is 2.38. The zero-order valence-corrected chi connectivity index (χ0v) is 15.2. The number of anilines is 2. The highest BCUT2D eigenvalue weighted by Gasteiger charge is 2.25. The van der Waals surface area contributed by atoms with Crippen LogP contribution in [0.15, 0.2) is 61.2 Å². The van der Waals surface area contributed by atoms with Gasteiger partial charge in [-0.2, -0.15) is 0 Å². The van der Waals surface area contributed by atoms with Crippen LogP contribution in [0, 0.1) is 0 Å². The number of aromatic nitrogens is 2. The number of aromatic carboxylic acids is 2. The van der Waals surface area contributed by atoms with Gasteiger partial charge in [-0.05, 0) is 36.4 Å². The van der Waals surface area contributed by atoms with Gasteiger partial charge < -0.3 is 20.8 Å². The molecule has 0 unspecified atom stereocenters. The second-order valence-corrected chi connectivity index (χ2v) is 5.93. The Morgan fingerprint density at radius 3 is 1.27 bits per heavy atom. The first kappa shape index (κ1) is 20.1. The number of carbonyl (C=O) groups is 4. The smallest absolute Gasteiger partial charge is 0.336 e. The molecule has 0 saturated carbocycles. The number of nitrogens with zero attached hydrogens (tertiary/aromatic N) is 2. The second kappa shape index (κ2) is 8.61. The van der Waals surface area contributed by atoms with Gasteiger partial charge >= 0.3 is 11.9 Å². The van der Waals surface area contributed by atoms with Gasteiger partial charge in [0, 0.05) is 36.2 Å². The molecule has 0 aliphatic carbocycles. The van der Waals surface area contributed by atoms with Gasteiger partial charge in [0.15, 0.2) is 0 Å². The Balaban J connectivity index is 2.06. The van der Waals surface area contributed by atoms with Crippen LogP contribution in [0.5, 0.6) is 0 Å². The Hall–Kier alpha value is -4.60. The Kier molecular flexibility index (Phi) is 5.78. The van der Waals surface area contributed by atoms with Crippen molar-refractivity contribution in [2.75, 3.05) is 10.6 Å². The minimum atomic E-state index is -1.52. The van der Waals surface area contributed by atoms with Gasteiger partial charge in [-0.1, -0.05) is 0 Å². The molecule has 0 aliphatic heterocycles. The van der Waals surface area contributed by atoms with Crippen molar-refractivity contribution in [3.63, 3.8) is 0 Å². The number of rotatable bonds is 6. The van der Waals surface area contributed by atoms with E-state index in [2.05, 4.69) is 20.6 Å². The molecule has 0 atom stereocenters. The molecule has 10 heteroatoms. The highest BCUT2D eigenvalue weighted by molar-refractivity contribution is 6.16. The maximum atomic E-state index is 12.7. The third kappa shape index (κ3) is 4.44. The van der Waals surface area contributed by atoms with E-state index in [4.69, 9.17) is 0 Å². The van der Waals surface area contributed by atoms with E-state index in [0.29, 0.717) is 11.4 Å². The number of hydrogen-bond acceptors (Lipinski definition) is 6. The van der Waals surface area contributed by atoms with Crippen LogP contribution < -0.4 is 10.6 Å². The van der Waals surface area contributed by atoms with Crippen molar-refractivity contribution in [1.82, 2.24) is 9.97 Å². The number of carboxylic acids is 2. The first-order chi connectivity index (χ1) is 14.4. The molecule has 10 nitrogen and oxygen atoms in total. The average molecular weight is 406 g/mol. The predicted molar refractivity (Wildman–Crippen MR) is 105 cm³/mol. The molecule has 0 fully saturated rings. The molecule has 30 heavy (non-hydrogen) atoms. The lowest BCUT2D eigenvalue weighted by Crippen LogP contribution is -2.22. The molecule has 0 saturated heterocycles. The van der Waals surface area contributed by atoms with E-state index in [-0.39, 0.29) is 11.1 Å². The van der Waals surface area contributed by atoms with Crippen molar-refractivity contribution in [1.29, 1.82) is 0 Å². The third-order valence-electron chi connectivity index (χ3n) is 3.98. The molecule has 2 aromatic heterocycles. The number of amides is 2. The monoisotopic (exact) mass is 406 g/mol. The molecule has 150 valence electrons. The molecule has 2 amide bonds. The van der Waals surface area contributed by atoms with E-state index in [9.17, 15) is 29.4 Å². The number of benzene rings is 1. The topological polar surface area (TPSA) is 159 Å². The largest absolute Gasteiger partial charge is 0.478 e. The van der Waals surface area contributed by atoms with Crippen LogP contribution in [-0.4, -0.2) is 43.9 Å². The van der Waals surface area contributed by atoms with Crippen LogP contribution in [0.4, 0.5) is 11.4 Å². The van der Waals surface area contributed by atoms with Crippen LogP contribution >= 0.6 is 0 Å². The van der Waals surface area contributed by atoms with Crippen molar-refractivity contribution in [2.24, 2.45) is 0 Å². The van der Waals surface area contributed by atoms with Gasteiger partial charge in [0.05, 0.1) is 22.3 Å². The molecule has 0 radical (unpaired) electrons. The maximum Gasteiger partial charge on any atom is 0.336 e. The molecule has 0 bridgehead atoms. The summed E-state index contributed by atoms with van der Waals surface area (Å²) >= 11 is 0. The molecule has 0 aliphatic rings. The summed E-state index contributed by atoms with van der Waals surface area (Å²) in [6, 6.07) is 7.68. The van der Waals surface area contributed by atoms with Crippen LogP contribution in [0.25, 0.3) is 0 Å². The zero-order valence-electron chi connectivity index (χ0n) is 15.2. The lowest BCUT2D eigenvalue weighted by molar-refractivity contribution is 0.0690. The van der Waals surface area contributed by atoms with Crippen molar-refractivity contribution in [3.8, 4) is 0 Å². The van der Waals surface area contributed by atoms with E-state index in [1.54, 1.807) is 0 Å². The highest BCUT2D eigenvalue weighted by Crippen LogP contribution is 2.21. The van der Waals surface area contributed by atoms with E-state index >= 15 is 0 Å². The summed E-state index contributed by atoms with van der Waals surface area (Å²) < 4.78 is 0. The van der Waals surface area contributed by atoms with Gasteiger partial charge in [0.2, 0.25) is 0 Å². The quantitative estimate of drug-likeness (QED) is 0.485. The summed E-state index contributed by atoms with van der Waals surface area (Å²) in [6.07, 6.45) is 5.70.